The molecule has 0 spiro atoms. The molecule has 0 radical (unpaired) electrons. The second-order valence-corrected chi connectivity index (χ2v) is 13.5. The standard InChI is InChI=1S/C44H41N3O/c1-4-14-29-17-13-18-30(15-5-2)41(29)47-28-27-46-36(16-6-3)39(32-20-7-8-21-34(32)44(46)47)42-35-25-24-33-31-19-9-10-23-38(31)48-43(33)40(35)37-22-11-12-26-45(37)42/h6-13,17-28,36,39,42H,3-5,14-16H2,1-2H3/q+2. The summed E-state index contributed by atoms with van der Waals surface area (Å²) in [5.74, 6) is 1.43. The van der Waals surface area contributed by atoms with Gasteiger partial charge >= 0.3 is 0 Å². The van der Waals surface area contributed by atoms with Crippen LogP contribution in [0.3, 0.4) is 0 Å². The van der Waals surface area contributed by atoms with Crippen LogP contribution in [0.5, 0.6) is 0 Å². The van der Waals surface area contributed by atoms with E-state index in [1.165, 1.54) is 61.4 Å². The molecule has 7 aromatic rings. The fraction of sp³-hybridized carbons (Fsp3) is 0.227. The maximum atomic E-state index is 6.66. The van der Waals surface area contributed by atoms with Crippen LogP contribution in [0.1, 0.15) is 73.4 Å². The Bertz CT molecular complexity index is 2330. The zero-order valence-corrected chi connectivity index (χ0v) is 27.8. The first kappa shape index (κ1) is 29.0. The van der Waals surface area contributed by atoms with E-state index in [9.17, 15) is 0 Å². The van der Waals surface area contributed by atoms with Crippen LogP contribution in [0.25, 0.3) is 50.3 Å². The molecule has 0 saturated carbocycles. The van der Waals surface area contributed by atoms with Crippen LogP contribution in [0.15, 0.2) is 133 Å². The summed E-state index contributed by atoms with van der Waals surface area (Å²) < 4.78 is 14.2. The Kier molecular flexibility index (Phi) is 6.93. The topological polar surface area (TPSA) is 25.8 Å². The van der Waals surface area contributed by atoms with Crippen molar-refractivity contribution >= 4 is 21.9 Å². The van der Waals surface area contributed by atoms with Crippen molar-refractivity contribution in [1.82, 2.24) is 4.57 Å². The minimum absolute atomic E-state index is 0.0898. The van der Waals surface area contributed by atoms with Crippen molar-refractivity contribution in [3.8, 4) is 28.3 Å². The summed E-state index contributed by atoms with van der Waals surface area (Å²) in [6, 6.07) is 36.0. The highest BCUT2D eigenvalue weighted by Crippen LogP contribution is 2.52. The number of hydrogen-bond donors (Lipinski definition) is 0. The van der Waals surface area contributed by atoms with Gasteiger partial charge in [-0.2, -0.15) is 9.13 Å². The number of hydrogen-bond acceptors (Lipinski definition) is 1. The molecular weight excluding hydrogens is 587 g/mol. The van der Waals surface area contributed by atoms with E-state index in [0.717, 1.165) is 43.3 Å². The van der Waals surface area contributed by atoms with Gasteiger partial charge in [-0.3, -0.25) is 0 Å². The third-order valence-corrected chi connectivity index (χ3v) is 10.8. The van der Waals surface area contributed by atoms with Crippen LogP contribution in [0.4, 0.5) is 0 Å². The molecule has 5 heterocycles. The molecule has 4 heteroatoms. The minimum atomic E-state index is 0.0898. The van der Waals surface area contributed by atoms with Gasteiger partial charge in [-0.15, -0.1) is 6.58 Å². The molecule has 4 aromatic carbocycles. The molecule has 3 atom stereocenters. The third-order valence-electron chi connectivity index (χ3n) is 10.8. The van der Waals surface area contributed by atoms with Gasteiger partial charge in [-0.05, 0) is 53.8 Å². The van der Waals surface area contributed by atoms with Crippen LogP contribution in [-0.4, -0.2) is 4.57 Å². The van der Waals surface area contributed by atoms with Gasteiger partial charge in [-0.25, -0.2) is 4.57 Å². The maximum absolute atomic E-state index is 6.66. The van der Waals surface area contributed by atoms with Crippen LogP contribution >= 0.6 is 0 Å². The first-order valence-corrected chi connectivity index (χ1v) is 17.6. The normalized spacial score (nSPS) is 17.7. The van der Waals surface area contributed by atoms with Gasteiger partial charge in [0, 0.05) is 34.9 Å². The molecule has 0 aliphatic carbocycles. The van der Waals surface area contributed by atoms with Crippen molar-refractivity contribution in [2.45, 2.75) is 64.0 Å². The summed E-state index contributed by atoms with van der Waals surface area (Å²) in [5.41, 5.74) is 12.6. The summed E-state index contributed by atoms with van der Waals surface area (Å²) in [7, 11) is 0. The number of nitrogens with zero attached hydrogens (tertiary/aromatic N) is 3. The van der Waals surface area contributed by atoms with E-state index in [1.54, 1.807) is 0 Å². The van der Waals surface area contributed by atoms with Gasteiger partial charge in [0.25, 0.3) is 5.82 Å². The van der Waals surface area contributed by atoms with Gasteiger partial charge in [0.05, 0.1) is 17.0 Å². The third kappa shape index (κ3) is 4.14. The molecule has 2 aliphatic rings. The number of furan rings is 1. The Labute approximate surface area is 282 Å². The molecule has 48 heavy (non-hydrogen) atoms. The molecule has 9 rings (SSSR count). The first-order valence-electron chi connectivity index (χ1n) is 17.6. The monoisotopic (exact) mass is 627 g/mol. The highest BCUT2D eigenvalue weighted by atomic mass is 16.3. The zero-order valence-electron chi connectivity index (χ0n) is 27.8. The fourth-order valence-corrected chi connectivity index (χ4v) is 8.94. The second-order valence-electron chi connectivity index (χ2n) is 13.5. The minimum Gasteiger partial charge on any atom is -0.455 e. The molecule has 0 fully saturated rings. The highest BCUT2D eigenvalue weighted by molar-refractivity contribution is 6.10. The lowest BCUT2D eigenvalue weighted by Gasteiger charge is -2.33. The number of benzene rings is 4. The van der Waals surface area contributed by atoms with E-state index < -0.39 is 0 Å². The lowest BCUT2D eigenvalue weighted by molar-refractivity contribution is -0.745. The lowest BCUT2D eigenvalue weighted by Crippen LogP contribution is -2.52. The maximum Gasteiger partial charge on any atom is 0.294 e. The molecule has 0 N–H and O–H groups in total. The molecule has 4 nitrogen and oxygen atoms in total. The Morgan fingerprint density at radius 3 is 2.33 bits per heavy atom. The molecular formula is C44H41N3O+2. The van der Waals surface area contributed by atoms with E-state index in [2.05, 4.69) is 156 Å². The molecule has 236 valence electrons. The summed E-state index contributed by atoms with van der Waals surface area (Å²) in [6.07, 6.45) is 14.3. The summed E-state index contributed by atoms with van der Waals surface area (Å²) in [4.78, 5) is 0. The van der Waals surface area contributed by atoms with Crippen molar-refractivity contribution < 1.29 is 13.6 Å². The van der Waals surface area contributed by atoms with Gasteiger partial charge in [-0.1, -0.05) is 93.4 Å². The Morgan fingerprint density at radius 1 is 0.750 bits per heavy atom. The number of para-hydroxylation sites is 2. The van der Waals surface area contributed by atoms with Crippen molar-refractivity contribution in [2.24, 2.45) is 0 Å². The van der Waals surface area contributed by atoms with Gasteiger partial charge in [0.2, 0.25) is 5.69 Å². The molecule has 0 saturated heterocycles. The van der Waals surface area contributed by atoms with Crippen LogP contribution in [0, 0.1) is 0 Å². The molecule has 0 amide bonds. The lowest BCUT2D eigenvalue weighted by atomic mass is 9.76. The van der Waals surface area contributed by atoms with Crippen molar-refractivity contribution in [2.75, 3.05) is 0 Å². The number of rotatable bonds is 8. The largest absolute Gasteiger partial charge is 0.455 e. The number of fused-ring (bicyclic) bond motifs is 10. The quantitative estimate of drug-likeness (QED) is 0.122. The Balaban J connectivity index is 1.29. The predicted molar refractivity (Wildman–Crippen MR) is 193 cm³/mol. The van der Waals surface area contributed by atoms with E-state index in [-0.39, 0.29) is 18.0 Å². The highest BCUT2D eigenvalue weighted by Gasteiger charge is 2.52. The SMILES string of the molecule is C=CCC1C(C2c3ccc4c(oc5ccccc54)c3-c3cccc[n+]32)c2ccccc2-c2n(-c3c(CCC)cccc3CCC)cc[n+]21. The Hall–Kier alpha value is -5.22. The molecule has 3 aromatic heterocycles. The predicted octanol–water partition coefficient (Wildman–Crippen LogP) is 10.0. The smallest absolute Gasteiger partial charge is 0.294 e. The van der Waals surface area contributed by atoms with Gasteiger partial charge < -0.3 is 4.42 Å². The van der Waals surface area contributed by atoms with Crippen LogP contribution < -0.4 is 9.13 Å². The fourth-order valence-electron chi connectivity index (χ4n) is 8.94. The number of pyridine rings is 1. The van der Waals surface area contributed by atoms with Crippen LogP contribution in [0.2, 0.25) is 0 Å². The molecule has 3 unspecified atom stereocenters. The Morgan fingerprint density at radius 2 is 1.52 bits per heavy atom. The number of aromatic nitrogens is 3. The van der Waals surface area contributed by atoms with Crippen LogP contribution in [-0.2, 0) is 12.8 Å². The van der Waals surface area contributed by atoms with E-state index >= 15 is 0 Å². The molecule has 2 aliphatic heterocycles. The summed E-state index contributed by atoms with van der Waals surface area (Å²) in [6.45, 7) is 8.86. The van der Waals surface area contributed by atoms with Gasteiger partial charge in [0.1, 0.15) is 35.3 Å². The van der Waals surface area contributed by atoms with Crippen molar-refractivity contribution in [3.63, 3.8) is 0 Å². The zero-order chi connectivity index (χ0) is 32.4. The van der Waals surface area contributed by atoms with E-state index in [0.29, 0.717) is 0 Å². The van der Waals surface area contributed by atoms with Crippen molar-refractivity contribution in [1.29, 1.82) is 0 Å². The summed E-state index contributed by atoms with van der Waals surface area (Å²) >= 11 is 0. The van der Waals surface area contributed by atoms with Crippen molar-refractivity contribution in [3.05, 3.63) is 151 Å². The summed E-state index contributed by atoms with van der Waals surface area (Å²) in [5, 5.41) is 2.34. The second kappa shape index (κ2) is 11.5. The van der Waals surface area contributed by atoms with E-state index in [4.69, 9.17) is 4.42 Å². The average Bonchev–Trinajstić information content (AvgIpc) is 3.81. The molecule has 0 bridgehead atoms. The van der Waals surface area contributed by atoms with E-state index in [1.807, 2.05) is 0 Å². The number of allylic oxidation sites excluding steroid dienone is 1. The van der Waals surface area contributed by atoms with Gasteiger partial charge in [0.15, 0.2) is 12.2 Å². The number of aryl methyl sites for hydroxylation is 2. The first-order chi connectivity index (χ1) is 23.7. The average molecular weight is 628 g/mol. The number of imidazole rings is 1.